The normalized spacial score (nSPS) is 15.4. The van der Waals surface area contributed by atoms with Crippen molar-refractivity contribution >= 4 is 5.78 Å². The second-order valence-corrected chi connectivity index (χ2v) is 3.87. The molecule has 0 spiro atoms. The summed E-state index contributed by atoms with van der Waals surface area (Å²) in [7, 11) is 0. The van der Waals surface area contributed by atoms with Crippen LogP contribution in [0.3, 0.4) is 0 Å². The van der Waals surface area contributed by atoms with E-state index >= 15 is 0 Å². The van der Waals surface area contributed by atoms with Crippen LogP contribution in [-0.4, -0.2) is 12.3 Å². The van der Waals surface area contributed by atoms with E-state index in [2.05, 4.69) is 13.8 Å². The van der Waals surface area contributed by atoms with Crippen LogP contribution < -0.4 is 5.73 Å². The molecule has 0 aliphatic carbocycles. The SMILES string of the molecule is CCCC(C)C(=O)CC(CC)CN. The molecule has 0 aromatic heterocycles. The monoisotopic (exact) mass is 185 g/mol. The van der Waals surface area contributed by atoms with E-state index in [0.717, 1.165) is 19.3 Å². The zero-order valence-electron chi connectivity index (χ0n) is 9.18. The molecule has 0 saturated heterocycles. The van der Waals surface area contributed by atoms with E-state index in [9.17, 15) is 4.79 Å². The summed E-state index contributed by atoms with van der Waals surface area (Å²) in [6.45, 7) is 6.87. The highest BCUT2D eigenvalue weighted by atomic mass is 16.1. The zero-order valence-corrected chi connectivity index (χ0v) is 9.18. The van der Waals surface area contributed by atoms with Gasteiger partial charge in [-0.2, -0.15) is 0 Å². The average Bonchev–Trinajstić information content (AvgIpc) is 2.14. The molecule has 0 fully saturated rings. The van der Waals surface area contributed by atoms with Crippen LogP contribution in [0.25, 0.3) is 0 Å². The molecule has 0 bridgehead atoms. The molecule has 0 radical (unpaired) electrons. The van der Waals surface area contributed by atoms with Crippen LogP contribution in [-0.2, 0) is 4.79 Å². The number of nitrogens with two attached hydrogens (primary N) is 1. The molecule has 0 aliphatic heterocycles. The number of ketones is 1. The summed E-state index contributed by atoms with van der Waals surface area (Å²) in [5.41, 5.74) is 5.55. The molecule has 0 rings (SSSR count). The maximum atomic E-state index is 11.6. The number of carbonyl (C=O) groups excluding carboxylic acids is 1. The molecule has 2 heteroatoms. The Kier molecular flexibility index (Phi) is 6.87. The van der Waals surface area contributed by atoms with Gasteiger partial charge in [0, 0.05) is 12.3 Å². The van der Waals surface area contributed by atoms with Gasteiger partial charge in [0.1, 0.15) is 5.78 Å². The van der Waals surface area contributed by atoms with Crippen LogP contribution in [0.4, 0.5) is 0 Å². The van der Waals surface area contributed by atoms with Crippen molar-refractivity contribution in [1.29, 1.82) is 0 Å². The molecule has 0 aliphatic rings. The lowest BCUT2D eigenvalue weighted by atomic mass is 9.91. The van der Waals surface area contributed by atoms with Crippen LogP contribution in [0.15, 0.2) is 0 Å². The van der Waals surface area contributed by atoms with Crippen LogP contribution in [0.2, 0.25) is 0 Å². The van der Waals surface area contributed by atoms with Crippen molar-refractivity contribution in [3.8, 4) is 0 Å². The summed E-state index contributed by atoms with van der Waals surface area (Å²) < 4.78 is 0. The van der Waals surface area contributed by atoms with Gasteiger partial charge in [-0.1, -0.05) is 33.6 Å². The van der Waals surface area contributed by atoms with Crippen molar-refractivity contribution in [3.05, 3.63) is 0 Å². The quantitative estimate of drug-likeness (QED) is 0.661. The first-order valence-electron chi connectivity index (χ1n) is 5.38. The van der Waals surface area contributed by atoms with Crippen LogP contribution in [0.5, 0.6) is 0 Å². The summed E-state index contributed by atoms with van der Waals surface area (Å²) in [6, 6.07) is 0. The first-order chi connectivity index (χ1) is 6.15. The molecule has 13 heavy (non-hydrogen) atoms. The third-order valence-electron chi connectivity index (χ3n) is 2.67. The van der Waals surface area contributed by atoms with Gasteiger partial charge in [0.05, 0.1) is 0 Å². The van der Waals surface area contributed by atoms with Crippen molar-refractivity contribution in [2.45, 2.75) is 46.5 Å². The van der Waals surface area contributed by atoms with Crippen molar-refractivity contribution in [2.75, 3.05) is 6.54 Å². The van der Waals surface area contributed by atoms with Crippen LogP contribution >= 0.6 is 0 Å². The molecule has 2 atom stereocenters. The first-order valence-corrected chi connectivity index (χ1v) is 5.38. The van der Waals surface area contributed by atoms with Gasteiger partial charge < -0.3 is 5.73 Å². The fourth-order valence-corrected chi connectivity index (χ4v) is 1.47. The van der Waals surface area contributed by atoms with E-state index in [1.807, 2.05) is 6.92 Å². The lowest BCUT2D eigenvalue weighted by Crippen LogP contribution is -2.21. The Bertz CT molecular complexity index is 141. The van der Waals surface area contributed by atoms with Gasteiger partial charge >= 0.3 is 0 Å². The second kappa shape index (κ2) is 7.07. The minimum Gasteiger partial charge on any atom is -0.330 e. The van der Waals surface area contributed by atoms with Crippen LogP contribution in [0.1, 0.15) is 46.5 Å². The summed E-state index contributed by atoms with van der Waals surface area (Å²) in [5, 5.41) is 0. The predicted molar refractivity (Wildman–Crippen MR) is 56.5 cm³/mol. The minimum atomic E-state index is 0.227. The van der Waals surface area contributed by atoms with E-state index in [-0.39, 0.29) is 5.92 Å². The highest BCUT2D eigenvalue weighted by Gasteiger charge is 2.15. The highest BCUT2D eigenvalue weighted by molar-refractivity contribution is 5.80. The Hall–Kier alpha value is -0.370. The Balaban J connectivity index is 3.83. The molecule has 0 saturated carbocycles. The third kappa shape index (κ3) is 5.04. The van der Waals surface area contributed by atoms with E-state index in [4.69, 9.17) is 5.73 Å². The topological polar surface area (TPSA) is 43.1 Å². The molecule has 0 aromatic rings. The molecule has 2 unspecified atom stereocenters. The van der Waals surface area contributed by atoms with E-state index in [1.54, 1.807) is 0 Å². The Morgan fingerprint density at radius 2 is 2.00 bits per heavy atom. The average molecular weight is 185 g/mol. The highest BCUT2D eigenvalue weighted by Crippen LogP contribution is 2.14. The first kappa shape index (κ1) is 12.6. The molecule has 0 amide bonds. The largest absolute Gasteiger partial charge is 0.330 e. The van der Waals surface area contributed by atoms with Gasteiger partial charge in [0.2, 0.25) is 0 Å². The fraction of sp³-hybridized carbons (Fsp3) is 0.909. The van der Waals surface area contributed by atoms with Gasteiger partial charge in [-0.3, -0.25) is 4.79 Å². The summed E-state index contributed by atoms with van der Waals surface area (Å²) in [6.07, 6.45) is 3.79. The Labute approximate surface area is 81.9 Å². The standard InChI is InChI=1S/C11H23NO/c1-4-6-9(3)11(13)7-10(5-2)8-12/h9-10H,4-8,12H2,1-3H3. The van der Waals surface area contributed by atoms with E-state index in [0.29, 0.717) is 24.7 Å². The Morgan fingerprint density at radius 3 is 2.38 bits per heavy atom. The third-order valence-corrected chi connectivity index (χ3v) is 2.67. The maximum Gasteiger partial charge on any atom is 0.136 e. The summed E-state index contributed by atoms with van der Waals surface area (Å²) in [5.74, 6) is 1.01. The number of carbonyl (C=O) groups is 1. The maximum absolute atomic E-state index is 11.6. The number of Topliss-reactive ketones (excluding diaryl/α,β-unsaturated/α-hetero) is 1. The number of hydrogen-bond acceptors (Lipinski definition) is 2. The van der Waals surface area contributed by atoms with Gasteiger partial charge in [-0.05, 0) is 18.9 Å². The number of hydrogen-bond donors (Lipinski definition) is 1. The van der Waals surface area contributed by atoms with Crippen molar-refractivity contribution in [3.63, 3.8) is 0 Å². The molecule has 0 heterocycles. The van der Waals surface area contributed by atoms with Crippen molar-refractivity contribution in [1.82, 2.24) is 0 Å². The fourth-order valence-electron chi connectivity index (χ4n) is 1.47. The molecule has 78 valence electrons. The van der Waals surface area contributed by atoms with Gasteiger partial charge in [-0.15, -0.1) is 0 Å². The Morgan fingerprint density at radius 1 is 1.38 bits per heavy atom. The van der Waals surface area contributed by atoms with E-state index < -0.39 is 0 Å². The smallest absolute Gasteiger partial charge is 0.136 e. The van der Waals surface area contributed by atoms with Crippen molar-refractivity contribution in [2.24, 2.45) is 17.6 Å². The van der Waals surface area contributed by atoms with Crippen LogP contribution in [0, 0.1) is 11.8 Å². The molecule has 0 aromatic carbocycles. The molecule has 2 N–H and O–H groups in total. The molecular weight excluding hydrogens is 162 g/mol. The second-order valence-electron chi connectivity index (χ2n) is 3.87. The lowest BCUT2D eigenvalue weighted by molar-refractivity contribution is -0.123. The van der Waals surface area contributed by atoms with Gasteiger partial charge in [0.15, 0.2) is 0 Å². The predicted octanol–water partition coefficient (Wildman–Crippen LogP) is 2.37. The van der Waals surface area contributed by atoms with Crippen molar-refractivity contribution < 1.29 is 4.79 Å². The lowest BCUT2D eigenvalue weighted by Gasteiger charge is -2.14. The zero-order chi connectivity index (χ0) is 10.3. The minimum absolute atomic E-state index is 0.227. The molecular formula is C11H23NO. The van der Waals surface area contributed by atoms with Gasteiger partial charge in [0.25, 0.3) is 0 Å². The van der Waals surface area contributed by atoms with Gasteiger partial charge in [-0.25, -0.2) is 0 Å². The summed E-state index contributed by atoms with van der Waals surface area (Å²) in [4.78, 5) is 11.6. The summed E-state index contributed by atoms with van der Waals surface area (Å²) >= 11 is 0. The number of rotatable bonds is 7. The van der Waals surface area contributed by atoms with E-state index in [1.165, 1.54) is 0 Å². The molecule has 2 nitrogen and oxygen atoms in total.